The van der Waals surface area contributed by atoms with Crippen LogP contribution in [-0.4, -0.2) is 86.7 Å². The van der Waals surface area contributed by atoms with Crippen LogP contribution in [0.3, 0.4) is 0 Å². The van der Waals surface area contributed by atoms with Crippen molar-refractivity contribution in [1.29, 1.82) is 0 Å². The molecule has 0 amide bonds. The molecular formula is C37H52O11SSi. The van der Waals surface area contributed by atoms with E-state index in [1.165, 1.54) is 14.2 Å². The maximum atomic E-state index is 13.5. The van der Waals surface area contributed by atoms with E-state index in [0.717, 1.165) is 12.3 Å². The number of methoxy groups -OCH3 is 2. The molecule has 2 aromatic rings. The Morgan fingerprint density at radius 3 is 2.40 bits per heavy atom. The van der Waals surface area contributed by atoms with Crippen LogP contribution in [0.2, 0.25) is 25.7 Å². The maximum absolute atomic E-state index is 13.5. The van der Waals surface area contributed by atoms with Crippen molar-refractivity contribution in [2.24, 2.45) is 5.92 Å². The van der Waals surface area contributed by atoms with E-state index in [0.29, 0.717) is 36.3 Å². The predicted octanol–water partition coefficient (Wildman–Crippen LogP) is 6.91. The number of allylic oxidation sites excluding steroid dienone is 1. The van der Waals surface area contributed by atoms with Gasteiger partial charge in [0.05, 0.1) is 37.7 Å². The first-order chi connectivity index (χ1) is 23.5. The molecule has 1 aliphatic heterocycles. The van der Waals surface area contributed by atoms with Crippen molar-refractivity contribution in [1.82, 2.24) is 0 Å². The average Bonchev–Trinajstić information content (AvgIpc) is 3.35. The lowest BCUT2D eigenvalue weighted by molar-refractivity contribution is -0.0723. The fourth-order valence-corrected chi connectivity index (χ4v) is 6.61. The molecule has 0 radical (unpaired) electrons. The molecule has 1 saturated heterocycles. The highest BCUT2D eigenvalue weighted by Crippen LogP contribution is 2.40. The monoisotopic (exact) mass is 732 g/mol. The van der Waals surface area contributed by atoms with Crippen molar-refractivity contribution >= 4 is 36.2 Å². The number of esters is 2. The first-order valence-electron chi connectivity index (χ1n) is 16.6. The second-order valence-electron chi connectivity index (χ2n) is 14.0. The summed E-state index contributed by atoms with van der Waals surface area (Å²) < 4.78 is 62.3. The molecule has 1 aliphatic rings. The summed E-state index contributed by atoms with van der Waals surface area (Å²) in [5, 5.41) is 0. The lowest BCUT2D eigenvalue weighted by Crippen LogP contribution is -2.35. The molecule has 13 heteroatoms. The van der Waals surface area contributed by atoms with Crippen molar-refractivity contribution in [2.75, 3.05) is 40.5 Å². The van der Waals surface area contributed by atoms with Crippen molar-refractivity contribution in [3.8, 4) is 11.5 Å². The van der Waals surface area contributed by atoms with Crippen LogP contribution >= 0.6 is 0 Å². The van der Waals surface area contributed by atoms with Gasteiger partial charge in [0.15, 0.2) is 6.79 Å². The molecule has 0 aromatic heterocycles. The highest BCUT2D eigenvalue weighted by atomic mass is 32.2. The van der Waals surface area contributed by atoms with E-state index in [2.05, 4.69) is 19.6 Å². The minimum atomic E-state index is -3.59. The van der Waals surface area contributed by atoms with Crippen molar-refractivity contribution in [2.45, 2.75) is 76.6 Å². The highest BCUT2D eigenvalue weighted by Gasteiger charge is 2.44. The van der Waals surface area contributed by atoms with Gasteiger partial charge in [-0.15, -0.1) is 0 Å². The Morgan fingerprint density at radius 2 is 1.76 bits per heavy atom. The summed E-state index contributed by atoms with van der Waals surface area (Å²) in [4.78, 5) is 26.7. The first-order valence-corrected chi connectivity index (χ1v) is 22.2. The first kappa shape index (κ1) is 40.9. The lowest BCUT2D eigenvalue weighted by Gasteiger charge is -2.26. The van der Waals surface area contributed by atoms with Gasteiger partial charge in [0.1, 0.15) is 29.3 Å². The van der Waals surface area contributed by atoms with Gasteiger partial charge in [-0.2, -0.15) is 8.42 Å². The van der Waals surface area contributed by atoms with Gasteiger partial charge in [0.2, 0.25) is 0 Å². The fraction of sp³-hybridized carbons (Fsp3) is 0.514. The summed E-state index contributed by atoms with van der Waals surface area (Å²) in [7, 11) is -1.99. The molecule has 0 spiro atoms. The number of carbonyl (C=O) groups is 2. The fourth-order valence-electron chi connectivity index (χ4n) is 5.50. The number of carbonyl (C=O) groups excluding carboxylic acids is 2. The zero-order chi connectivity index (χ0) is 37.0. The zero-order valence-electron chi connectivity index (χ0n) is 30.4. The van der Waals surface area contributed by atoms with Gasteiger partial charge in [0.25, 0.3) is 10.1 Å². The van der Waals surface area contributed by atoms with Crippen molar-refractivity contribution in [3.63, 3.8) is 0 Å². The number of rotatable bonds is 19. The molecule has 1 fully saturated rings. The Hall–Kier alpha value is -3.49. The zero-order valence-corrected chi connectivity index (χ0v) is 32.2. The summed E-state index contributed by atoms with van der Waals surface area (Å²) in [5.74, 6) is -0.320. The molecule has 0 N–H and O–H groups in total. The molecule has 3 atom stereocenters. The Balaban J connectivity index is 1.91. The van der Waals surface area contributed by atoms with E-state index in [1.54, 1.807) is 48.6 Å². The molecule has 0 aliphatic carbocycles. The summed E-state index contributed by atoms with van der Waals surface area (Å²) in [6.45, 7) is 10.8. The van der Waals surface area contributed by atoms with Gasteiger partial charge in [-0.25, -0.2) is 9.59 Å². The topological polar surface area (TPSA) is 133 Å². The molecule has 3 rings (SSSR count). The van der Waals surface area contributed by atoms with E-state index in [9.17, 15) is 18.0 Å². The molecule has 1 heterocycles. The minimum absolute atomic E-state index is 0.0442. The minimum Gasteiger partial charge on any atom is -0.497 e. The van der Waals surface area contributed by atoms with Gasteiger partial charge in [-0.1, -0.05) is 56.1 Å². The number of benzene rings is 2. The average molecular weight is 733 g/mol. The number of hydrogen-bond acceptors (Lipinski definition) is 11. The maximum Gasteiger partial charge on any atom is 0.342 e. The molecule has 0 saturated carbocycles. The third kappa shape index (κ3) is 13.7. The van der Waals surface area contributed by atoms with Gasteiger partial charge < -0.3 is 28.4 Å². The Labute approximate surface area is 298 Å². The van der Waals surface area contributed by atoms with Crippen LogP contribution in [0.15, 0.2) is 60.7 Å². The third-order valence-corrected chi connectivity index (χ3v) is 10.2. The van der Waals surface area contributed by atoms with E-state index >= 15 is 0 Å². The quantitative estimate of drug-likeness (QED) is 0.0373. The van der Waals surface area contributed by atoms with Crippen LogP contribution in [0.1, 0.15) is 59.4 Å². The van der Waals surface area contributed by atoms with Crippen LogP contribution in [-0.2, 0) is 33.2 Å². The smallest absolute Gasteiger partial charge is 0.342 e. The number of hydrogen-bond donors (Lipinski definition) is 0. The normalized spacial score (nSPS) is 18.3. The summed E-state index contributed by atoms with van der Waals surface area (Å²) in [6, 6.07) is 12.9. The molecule has 2 aromatic carbocycles. The van der Waals surface area contributed by atoms with E-state index in [4.69, 9.17) is 32.6 Å². The van der Waals surface area contributed by atoms with Crippen LogP contribution in [0.5, 0.6) is 11.5 Å². The SMILES string of the molecule is COCOc1cc(OC)cc(/C=C/C[C@@H]2CC(C)(C)OC2C(/C=C\CCOS(C)(=O)=O)OC(=O)c2ccccc2)c1C(=O)OCC[Si](C)(C)C. The standard InChI is InChI=1S/C37H52O11SSi/c1-37(2)25-29(34(48-37)31(19-12-13-20-46-49(5,40)41)47-35(38)27-15-10-9-11-16-27)18-14-17-28-23-30(43-4)24-32(45-26-42-3)33(28)36(39)44-21-22-50(6,7)8/h9-12,14-17,19,23-24,29,31,34H,13,18,20-22,25-26H2,1-8H3/b17-14+,19-12-/t29-,31?,34?/m1/s1. The number of ether oxygens (including phenoxy) is 6. The van der Waals surface area contributed by atoms with Crippen LogP contribution in [0, 0.1) is 5.92 Å². The third-order valence-electron chi connectivity index (χ3n) is 7.86. The van der Waals surface area contributed by atoms with E-state index < -0.39 is 47.9 Å². The van der Waals surface area contributed by atoms with Crippen LogP contribution < -0.4 is 9.47 Å². The van der Waals surface area contributed by atoms with E-state index in [1.807, 2.05) is 32.1 Å². The molecule has 50 heavy (non-hydrogen) atoms. The summed E-state index contributed by atoms with van der Waals surface area (Å²) in [5.41, 5.74) is 0.703. The Kier molecular flexibility index (Phi) is 15.3. The molecule has 2 unspecified atom stereocenters. The molecule has 276 valence electrons. The van der Waals surface area contributed by atoms with Crippen LogP contribution in [0.25, 0.3) is 6.08 Å². The molecular weight excluding hydrogens is 681 g/mol. The molecule has 0 bridgehead atoms. The summed E-state index contributed by atoms with van der Waals surface area (Å²) in [6.07, 6.45) is 8.42. The second kappa shape index (κ2) is 18.7. The molecule has 11 nitrogen and oxygen atoms in total. The van der Waals surface area contributed by atoms with Gasteiger partial charge in [0, 0.05) is 21.3 Å². The van der Waals surface area contributed by atoms with Crippen molar-refractivity contribution < 1.29 is 50.6 Å². The largest absolute Gasteiger partial charge is 0.497 e. The van der Waals surface area contributed by atoms with Gasteiger partial charge in [-0.3, -0.25) is 4.18 Å². The Morgan fingerprint density at radius 1 is 1.04 bits per heavy atom. The second-order valence-corrected chi connectivity index (χ2v) is 21.3. The predicted molar refractivity (Wildman–Crippen MR) is 195 cm³/mol. The van der Waals surface area contributed by atoms with Crippen LogP contribution in [0.4, 0.5) is 0 Å². The van der Waals surface area contributed by atoms with E-state index in [-0.39, 0.29) is 37.1 Å². The lowest BCUT2D eigenvalue weighted by atomic mass is 9.88. The summed E-state index contributed by atoms with van der Waals surface area (Å²) >= 11 is 0. The Bertz CT molecular complexity index is 1580. The van der Waals surface area contributed by atoms with Gasteiger partial charge in [-0.05, 0) is 74.9 Å². The van der Waals surface area contributed by atoms with Crippen molar-refractivity contribution in [3.05, 3.63) is 77.4 Å². The highest BCUT2D eigenvalue weighted by molar-refractivity contribution is 7.85. The van der Waals surface area contributed by atoms with Gasteiger partial charge >= 0.3 is 11.9 Å².